The highest BCUT2D eigenvalue weighted by atomic mass is 16.2. The maximum Gasteiger partial charge on any atom is 0.227 e. The zero-order valence-corrected chi connectivity index (χ0v) is 15.6. The molecular formula is C21H29N3O2. The van der Waals surface area contributed by atoms with Gasteiger partial charge in [0.25, 0.3) is 0 Å². The van der Waals surface area contributed by atoms with Gasteiger partial charge in [0.15, 0.2) is 0 Å². The minimum Gasteiger partial charge on any atom is -0.361 e. The molecule has 0 bridgehead atoms. The number of para-hydroxylation sites is 1. The number of benzene rings is 1. The summed E-state index contributed by atoms with van der Waals surface area (Å²) in [6.45, 7) is 4.28. The highest BCUT2D eigenvalue weighted by molar-refractivity contribution is 5.89. The van der Waals surface area contributed by atoms with Gasteiger partial charge in [-0.1, -0.05) is 38.0 Å². The SMILES string of the molecule is CCCCCNC(=O)C1CCN(C(=O)Cc2c[nH]c3ccccc23)CC1. The molecule has 5 heteroatoms. The van der Waals surface area contributed by atoms with Gasteiger partial charge in [-0.15, -0.1) is 0 Å². The van der Waals surface area contributed by atoms with Gasteiger partial charge < -0.3 is 15.2 Å². The Kier molecular flexibility index (Phi) is 6.31. The molecule has 5 nitrogen and oxygen atoms in total. The number of hydrogen-bond acceptors (Lipinski definition) is 2. The summed E-state index contributed by atoms with van der Waals surface area (Å²) in [5.74, 6) is 0.357. The maximum absolute atomic E-state index is 12.6. The van der Waals surface area contributed by atoms with Crippen LogP contribution in [0.25, 0.3) is 10.9 Å². The van der Waals surface area contributed by atoms with E-state index >= 15 is 0 Å². The lowest BCUT2D eigenvalue weighted by molar-refractivity contribution is -0.135. The molecule has 140 valence electrons. The molecule has 2 heterocycles. The van der Waals surface area contributed by atoms with E-state index in [2.05, 4.69) is 17.2 Å². The Morgan fingerprint density at radius 1 is 1.19 bits per heavy atom. The van der Waals surface area contributed by atoms with Crippen LogP contribution in [-0.4, -0.2) is 41.3 Å². The second-order valence-electron chi connectivity index (χ2n) is 7.19. The summed E-state index contributed by atoms with van der Waals surface area (Å²) in [5, 5.41) is 4.15. The van der Waals surface area contributed by atoms with Crippen molar-refractivity contribution in [2.24, 2.45) is 5.92 Å². The number of amides is 2. The summed E-state index contributed by atoms with van der Waals surface area (Å²) in [5.41, 5.74) is 2.11. The molecule has 1 aliphatic rings. The van der Waals surface area contributed by atoms with Crippen molar-refractivity contribution < 1.29 is 9.59 Å². The molecule has 0 spiro atoms. The highest BCUT2D eigenvalue weighted by Crippen LogP contribution is 2.21. The Morgan fingerprint density at radius 2 is 1.96 bits per heavy atom. The van der Waals surface area contributed by atoms with Crippen LogP contribution in [0.5, 0.6) is 0 Å². The number of hydrogen-bond donors (Lipinski definition) is 2. The smallest absolute Gasteiger partial charge is 0.227 e. The molecule has 26 heavy (non-hydrogen) atoms. The van der Waals surface area contributed by atoms with Crippen LogP contribution in [0.15, 0.2) is 30.5 Å². The van der Waals surface area contributed by atoms with E-state index in [9.17, 15) is 9.59 Å². The first-order chi connectivity index (χ1) is 12.7. The average Bonchev–Trinajstić information content (AvgIpc) is 3.08. The number of H-pyrrole nitrogens is 1. The van der Waals surface area contributed by atoms with Crippen LogP contribution in [0, 0.1) is 5.92 Å². The van der Waals surface area contributed by atoms with Crippen LogP contribution in [-0.2, 0) is 16.0 Å². The maximum atomic E-state index is 12.6. The molecule has 2 aromatic rings. The summed E-state index contributed by atoms with van der Waals surface area (Å²) in [6, 6.07) is 8.05. The zero-order chi connectivity index (χ0) is 18.4. The number of piperidine rings is 1. The number of likely N-dealkylation sites (tertiary alicyclic amines) is 1. The van der Waals surface area contributed by atoms with E-state index in [1.807, 2.05) is 35.4 Å². The van der Waals surface area contributed by atoms with Crippen LogP contribution in [0.3, 0.4) is 0 Å². The van der Waals surface area contributed by atoms with Gasteiger partial charge in [-0.25, -0.2) is 0 Å². The number of fused-ring (bicyclic) bond motifs is 1. The molecule has 1 aromatic heterocycles. The number of unbranched alkanes of at least 4 members (excludes halogenated alkanes) is 2. The molecule has 1 fully saturated rings. The minimum atomic E-state index is 0.0498. The first kappa shape index (κ1) is 18.5. The minimum absolute atomic E-state index is 0.0498. The molecule has 0 aliphatic carbocycles. The summed E-state index contributed by atoms with van der Waals surface area (Å²) in [4.78, 5) is 30.0. The number of nitrogens with one attached hydrogen (secondary N) is 2. The molecule has 0 saturated carbocycles. The summed E-state index contributed by atoms with van der Waals surface area (Å²) >= 11 is 0. The summed E-state index contributed by atoms with van der Waals surface area (Å²) in [6.07, 6.45) is 7.23. The van der Waals surface area contributed by atoms with Gasteiger partial charge in [-0.2, -0.15) is 0 Å². The highest BCUT2D eigenvalue weighted by Gasteiger charge is 2.27. The molecule has 1 aromatic carbocycles. The van der Waals surface area contributed by atoms with Gasteiger partial charge in [0, 0.05) is 42.7 Å². The number of carbonyl (C=O) groups excluding carboxylic acids is 2. The Balaban J connectivity index is 1.47. The summed E-state index contributed by atoms with van der Waals surface area (Å²) in [7, 11) is 0. The van der Waals surface area contributed by atoms with Gasteiger partial charge in [0.1, 0.15) is 0 Å². The molecule has 2 amide bonds. The van der Waals surface area contributed by atoms with Crippen molar-refractivity contribution in [1.82, 2.24) is 15.2 Å². The number of nitrogens with zero attached hydrogens (tertiary/aromatic N) is 1. The fourth-order valence-corrected chi connectivity index (χ4v) is 3.67. The topological polar surface area (TPSA) is 65.2 Å². The van der Waals surface area contributed by atoms with E-state index in [4.69, 9.17) is 0 Å². The van der Waals surface area contributed by atoms with Crippen molar-refractivity contribution in [3.63, 3.8) is 0 Å². The van der Waals surface area contributed by atoms with E-state index in [1.165, 1.54) is 0 Å². The predicted molar refractivity (Wildman–Crippen MR) is 104 cm³/mol. The van der Waals surface area contributed by atoms with Crippen LogP contribution >= 0.6 is 0 Å². The van der Waals surface area contributed by atoms with Crippen molar-refractivity contribution in [1.29, 1.82) is 0 Å². The lowest BCUT2D eigenvalue weighted by atomic mass is 9.95. The van der Waals surface area contributed by atoms with Crippen LogP contribution in [0.2, 0.25) is 0 Å². The first-order valence-electron chi connectivity index (χ1n) is 9.79. The van der Waals surface area contributed by atoms with Crippen molar-refractivity contribution in [2.75, 3.05) is 19.6 Å². The Bertz CT molecular complexity index is 745. The number of aromatic nitrogens is 1. The monoisotopic (exact) mass is 355 g/mol. The molecule has 2 N–H and O–H groups in total. The summed E-state index contributed by atoms with van der Waals surface area (Å²) < 4.78 is 0. The van der Waals surface area contributed by atoms with Gasteiger partial charge in [-0.3, -0.25) is 9.59 Å². The fraction of sp³-hybridized carbons (Fsp3) is 0.524. The van der Waals surface area contributed by atoms with Gasteiger partial charge in [-0.05, 0) is 30.9 Å². The molecule has 0 atom stereocenters. The third kappa shape index (κ3) is 4.45. The van der Waals surface area contributed by atoms with Crippen LogP contribution in [0.1, 0.15) is 44.6 Å². The standard InChI is InChI=1S/C21H29N3O2/c1-2-3-6-11-22-21(26)16-9-12-24(13-10-16)20(25)14-17-15-23-19-8-5-4-7-18(17)19/h4-5,7-8,15-16,23H,2-3,6,9-14H2,1H3,(H,22,26). The quantitative estimate of drug-likeness (QED) is 0.749. The van der Waals surface area contributed by atoms with Crippen molar-refractivity contribution in [3.05, 3.63) is 36.0 Å². The predicted octanol–water partition coefficient (Wildman–Crippen LogP) is 3.26. The van der Waals surface area contributed by atoms with E-state index in [0.29, 0.717) is 19.5 Å². The normalized spacial score (nSPS) is 15.3. The molecule has 3 rings (SSSR count). The third-order valence-electron chi connectivity index (χ3n) is 5.31. The third-order valence-corrected chi connectivity index (χ3v) is 5.31. The second-order valence-corrected chi connectivity index (χ2v) is 7.19. The zero-order valence-electron chi connectivity index (χ0n) is 15.6. The van der Waals surface area contributed by atoms with E-state index in [1.54, 1.807) is 0 Å². The number of aromatic amines is 1. The van der Waals surface area contributed by atoms with E-state index < -0.39 is 0 Å². The van der Waals surface area contributed by atoms with Crippen molar-refractivity contribution >= 4 is 22.7 Å². The van der Waals surface area contributed by atoms with Crippen LogP contribution in [0.4, 0.5) is 0 Å². The van der Waals surface area contributed by atoms with Gasteiger partial charge in [0.05, 0.1) is 6.42 Å². The van der Waals surface area contributed by atoms with Crippen molar-refractivity contribution in [3.8, 4) is 0 Å². The molecule has 1 saturated heterocycles. The molecular weight excluding hydrogens is 326 g/mol. The van der Waals surface area contributed by atoms with Gasteiger partial charge in [0.2, 0.25) is 11.8 Å². The Morgan fingerprint density at radius 3 is 2.73 bits per heavy atom. The second kappa shape index (κ2) is 8.88. The van der Waals surface area contributed by atoms with Crippen molar-refractivity contribution in [2.45, 2.75) is 45.4 Å². The largest absolute Gasteiger partial charge is 0.361 e. The number of rotatable bonds is 7. The first-order valence-corrected chi connectivity index (χ1v) is 9.79. The molecule has 0 radical (unpaired) electrons. The molecule has 1 aliphatic heterocycles. The Hall–Kier alpha value is -2.30. The lowest BCUT2D eigenvalue weighted by Gasteiger charge is -2.31. The molecule has 0 unspecified atom stereocenters. The van der Waals surface area contributed by atoms with E-state index in [-0.39, 0.29) is 17.7 Å². The van der Waals surface area contributed by atoms with E-state index in [0.717, 1.165) is 55.1 Å². The Labute approximate surface area is 155 Å². The average molecular weight is 355 g/mol. The van der Waals surface area contributed by atoms with Gasteiger partial charge >= 0.3 is 0 Å². The fourth-order valence-electron chi connectivity index (χ4n) is 3.67. The van der Waals surface area contributed by atoms with Crippen LogP contribution < -0.4 is 5.32 Å². The lowest BCUT2D eigenvalue weighted by Crippen LogP contribution is -2.43. The number of carbonyl (C=O) groups is 2.